The number of halogens is 1. The second kappa shape index (κ2) is 3.80. The molecule has 0 spiro atoms. The summed E-state index contributed by atoms with van der Waals surface area (Å²) in [5.74, 6) is -1.41. The molecule has 5 nitrogen and oxygen atoms in total. The first-order valence-corrected chi connectivity index (χ1v) is 4.69. The molecule has 3 N–H and O–H groups in total. The highest BCUT2D eigenvalue weighted by molar-refractivity contribution is 6.02. The van der Waals surface area contributed by atoms with Crippen molar-refractivity contribution in [3.05, 3.63) is 24.0 Å². The van der Waals surface area contributed by atoms with Crippen LogP contribution in [-0.2, 0) is 9.59 Å². The first kappa shape index (κ1) is 10.4. The van der Waals surface area contributed by atoms with Crippen LogP contribution in [0.1, 0.15) is 0 Å². The third-order valence-corrected chi connectivity index (χ3v) is 2.26. The van der Waals surface area contributed by atoms with Gasteiger partial charge in [0, 0.05) is 5.69 Å². The summed E-state index contributed by atoms with van der Waals surface area (Å²) < 4.78 is 13.5. The molecule has 0 aliphatic carbocycles. The molecule has 0 bridgehead atoms. The smallest absolute Gasteiger partial charge is 0.246 e. The molecule has 16 heavy (non-hydrogen) atoms. The number of hydrogen-bond acceptors (Lipinski definition) is 4. The van der Waals surface area contributed by atoms with Gasteiger partial charge in [0.25, 0.3) is 0 Å². The lowest BCUT2D eigenvalue weighted by Crippen LogP contribution is -2.51. The van der Waals surface area contributed by atoms with E-state index in [4.69, 9.17) is 5.73 Å². The summed E-state index contributed by atoms with van der Waals surface area (Å²) in [6.07, 6.45) is 0. The zero-order valence-corrected chi connectivity index (χ0v) is 8.37. The van der Waals surface area contributed by atoms with Crippen LogP contribution in [-0.4, -0.2) is 24.9 Å². The van der Waals surface area contributed by atoms with E-state index in [9.17, 15) is 14.0 Å². The maximum atomic E-state index is 13.5. The van der Waals surface area contributed by atoms with Gasteiger partial charge in [-0.1, -0.05) is 0 Å². The Labute approximate surface area is 91.0 Å². The molecule has 1 fully saturated rings. The van der Waals surface area contributed by atoms with E-state index in [-0.39, 0.29) is 18.8 Å². The van der Waals surface area contributed by atoms with Gasteiger partial charge in [-0.3, -0.25) is 14.9 Å². The van der Waals surface area contributed by atoms with Crippen molar-refractivity contribution in [1.82, 2.24) is 5.32 Å². The number of piperazine rings is 1. The summed E-state index contributed by atoms with van der Waals surface area (Å²) in [5.41, 5.74) is 5.91. The zero-order valence-electron chi connectivity index (χ0n) is 8.37. The van der Waals surface area contributed by atoms with Gasteiger partial charge in [-0.25, -0.2) is 4.39 Å². The van der Waals surface area contributed by atoms with Crippen LogP contribution in [0.4, 0.5) is 15.8 Å². The number of nitrogens with zero attached hydrogens (tertiary/aromatic N) is 1. The highest BCUT2D eigenvalue weighted by Gasteiger charge is 2.24. The molecule has 6 heteroatoms. The van der Waals surface area contributed by atoms with E-state index in [1.54, 1.807) is 0 Å². The molecule has 1 aliphatic heterocycles. The number of amides is 2. The third-order valence-electron chi connectivity index (χ3n) is 2.26. The summed E-state index contributed by atoms with van der Waals surface area (Å²) in [7, 11) is 0. The second-order valence-electron chi connectivity index (χ2n) is 3.54. The molecule has 0 saturated carbocycles. The maximum absolute atomic E-state index is 13.5. The number of carbonyl (C=O) groups is 2. The first-order valence-electron chi connectivity index (χ1n) is 4.69. The van der Waals surface area contributed by atoms with Crippen molar-refractivity contribution in [1.29, 1.82) is 0 Å². The molecule has 1 aromatic carbocycles. The molecule has 2 rings (SSSR count). The van der Waals surface area contributed by atoms with Crippen molar-refractivity contribution in [2.24, 2.45) is 0 Å². The lowest BCUT2D eigenvalue weighted by atomic mass is 10.2. The molecule has 0 radical (unpaired) electrons. The number of rotatable bonds is 1. The predicted octanol–water partition coefficient (Wildman–Crippen LogP) is -0.129. The lowest BCUT2D eigenvalue weighted by molar-refractivity contribution is -0.130. The van der Waals surface area contributed by atoms with Crippen LogP contribution in [0.5, 0.6) is 0 Å². The van der Waals surface area contributed by atoms with E-state index < -0.39 is 17.6 Å². The Hall–Kier alpha value is -2.11. The molecule has 0 aromatic heterocycles. The summed E-state index contributed by atoms with van der Waals surface area (Å²) in [6.45, 7) is -0.0703. The Morgan fingerprint density at radius 1 is 1.25 bits per heavy atom. The highest BCUT2D eigenvalue weighted by Crippen LogP contribution is 2.21. The Bertz CT molecular complexity index is 445. The van der Waals surface area contributed by atoms with Crippen molar-refractivity contribution < 1.29 is 14.0 Å². The van der Waals surface area contributed by atoms with Crippen LogP contribution in [0.2, 0.25) is 0 Å². The van der Waals surface area contributed by atoms with Crippen molar-refractivity contribution in [2.45, 2.75) is 0 Å². The average Bonchev–Trinajstić information content (AvgIpc) is 2.15. The molecule has 0 atom stereocenters. The molecule has 1 aromatic rings. The number of imide groups is 1. The zero-order chi connectivity index (χ0) is 11.7. The van der Waals surface area contributed by atoms with Gasteiger partial charge in [-0.2, -0.15) is 0 Å². The van der Waals surface area contributed by atoms with Crippen LogP contribution < -0.4 is 16.0 Å². The molecule has 1 heterocycles. The summed E-state index contributed by atoms with van der Waals surface area (Å²) in [5, 5.41) is 2.14. The van der Waals surface area contributed by atoms with E-state index in [0.29, 0.717) is 5.69 Å². The van der Waals surface area contributed by atoms with Gasteiger partial charge in [-0.05, 0) is 18.2 Å². The molecule has 2 amide bonds. The van der Waals surface area contributed by atoms with Crippen LogP contribution in [0.3, 0.4) is 0 Å². The Balaban J connectivity index is 2.29. The molecular weight excluding hydrogens is 213 g/mol. The van der Waals surface area contributed by atoms with E-state index in [0.717, 1.165) is 6.07 Å². The number of nitrogens with two attached hydrogens (primary N) is 1. The highest BCUT2D eigenvalue weighted by atomic mass is 19.1. The average molecular weight is 223 g/mol. The first-order chi connectivity index (χ1) is 7.56. The van der Waals surface area contributed by atoms with Gasteiger partial charge in [0.2, 0.25) is 11.8 Å². The topological polar surface area (TPSA) is 75.4 Å². The predicted molar refractivity (Wildman–Crippen MR) is 56.2 cm³/mol. The second-order valence-corrected chi connectivity index (χ2v) is 3.54. The van der Waals surface area contributed by atoms with E-state index in [2.05, 4.69) is 5.32 Å². The van der Waals surface area contributed by atoms with Gasteiger partial charge in [0.15, 0.2) is 0 Å². The fourth-order valence-corrected chi connectivity index (χ4v) is 1.59. The quantitative estimate of drug-likeness (QED) is 0.513. The van der Waals surface area contributed by atoms with Gasteiger partial charge >= 0.3 is 0 Å². The lowest BCUT2D eigenvalue weighted by Gasteiger charge is -2.27. The van der Waals surface area contributed by atoms with Crippen molar-refractivity contribution in [2.75, 3.05) is 23.7 Å². The molecule has 1 saturated heterocycles. The molecule has 1 aliphatic rings. The van der Waals surface area contributed by atoms with Gasteiger partial charge < -0.3 is 10.6 Å². The van der Waals surface area contributed by atoms with Crippen LogP contribution in [0, 0.1) is 5.82 Å². The molecule has 84 valence electrons. The van der Waals surface area contributed by atoms with Crippen molar-refractivity contribution in [3.63, 3.8) is 0 Å². The van der Waals surface area contributed by atoms with Gasteiger partial charge in [-0.15, -0.1) is 0 Å². The number of hydrogen-bond donors (Lipinski definition) is 2. The van der Waals surface area contributed by atoms with E-state index in [1.165, 1.54) is 17.0 Å². The van der Waals surface area contributed by atoms with Crippen molar-refractivity contribution >= 4 is 23.2 Å². The SMILES string of the molecule is Nc1ccc(N2CC(=O)NC(=O)C2)c(F)c1. The minimum Gasteiger partial charge on any atom is -0.399 e. The molecular formula is C10H10FN3O2. The largest absolute Gasteiger partial charge is 0.399 e. The number of carbonyl (C=O) groups excluding carboxylic acids is 2. The molecule has 0 unspecified atom stereocenters. The maximum Gasteiger partial charge on any atom is 0.246 e. The van der Waals surface area contributed by atoms with Crippen molar-refractivity contribution in [3.8, 4) is 0 Å². The summed E-state index contributed by atoms with van der Waals surface area (Å²) >= 11 is 0. The van der Waals surface area contributed by atoms with Gasteiger partial charge in [0.1, 0.15) is 5.82 Å². The fourth-order valence-electron chi connectivity index (χ4n) is 1.59. The standard InChI is InChI=1S/C10H10FN3O2/c11-7-3-6(12)1-2-8(7)14-4-9(15)13-10(16)5-14/h1-3H,4-5,12H2,(H,13,15,16). The number of anilines is 2. The number of nitrogens with one attached hydrogen (secondary N) is 1. The summed E-state index contributed by atoms with van der Waals surface area (Å²) in [6, 6.07) is 4.14. The van der Waals surface area contributed by atoms with Crippen LogP contribution in [0.25, 0.3) is 0 Å². The Morgan fingerprint density at radius 3 is 2.44 bits per heavy atom. The number of benzene rings is 1. The summed E-state index contributed by atoms with van der Waals surface area (Å²) in [4.78, 5) is 23.6. The third kappa shape index (κ3) is 1.95. The van der Waals surface area contributed by atoms with E-state index in [1.807, 2.05) is 0 Å². The number of nitrogen functional groups attached to an aromatic ring is 1. The fraction of sp³-hybridized carbons (Fsp3) is 0.200. The normalized spacial score (nSPS) is 16.2. The van der Waals surface area contributed by atoms with Crippen LogP contribution >= 0.6 is 0 Å². The monoisotopic (exact) mass is 223 g/mol. The Kier molecular flexibility index (Phi) is 2.47. The van der Waals surface area contributed by atoms with Crippen LogP contribution in [0.15, 0.2) is 18.2 Å². The van der Waals surface area contributed by atoms with E-state index >= 15 is 0 Å². The van der Waals surface area contributed by atoms with Gasteiger partial charge in [0.05, 0.1) is 18.8 Å². The minimum absolute atomic E-state index is 0.0351. The Morgan fingerprint density at radius 2 is 1.88 bits per heavy atom. The minimum atomic E-state index is -0.539.